The predicted molar refractivity (Wildman–Crippen MR) is 148 cm³/mol. The zero-order valence-electron chi connectivity index (χ0n) is 23.6. The first-order valence-electron chi connectivity index (χ1n) is 13.3. The molecule has 0 radical (unpaired) electrons. The summed E-state index contributed by atoms with van der Waals surface area (Å²) in [7, 11) is 2.92. The summed E-state index contributed by atoms with van der Waals surface area (Å²) in [5, 5.41) is 49.3. The van der Waals surface area contributed by atoms with Crippen LogP contribution in [0.4, 0.5) is 17.2 Å². The molecule has 1 aliphatic rings. The van der Waals surface area contributed by atoms with Gasteiger partial charge in [-0.05, 0) is 31.4 Å². The minimum absolute atomic E-state index is 0.0199. The summed E-state index contributed by atoms with van der Waals surface area (Å²) in [6, 6.07) is 6.19. The van der Waals surface area contributed by atoms with E-state index in [1.807, 2.05) is 6.92 Å². The van der Waals surface area contributed by atoms with Crippen molar-refractivity contribution in [3.8, 4) is 17.1 Å². The summed E-state index contributed by atoms with van der Waals surface area (Å²) >= 11 is 0. The third-order valence-electron chi connectivity index (χ3n) is 6.29. The van der Waals surface area contributed by atoms with Crippen LogP contribution in [0.25, 0.3) is 11.4 Å². The first kappa shape index (κ1) is 31.2. The molecule has 4 rings (SSSR count). The minimum Gasteiger partial charge on any atom is -0.494 e. The zero-order chi connectivity index (χ0) is 31.1. The lowest BCUT2D eigenvalue weighted by molar-refractivity contribution is -0.323. The standard InChI is InChI=1S/C26H32N8O9/c1-4-14(23(36)27-10-11-41-2)25-30-21(34-43-25)15-6-5-7-16(20(15)42-3)28-17-12-18(29-22(35)13-8-9-13)32-33-19(17)24(37)31-26(38,39)40/h5-7,12-14,38-40H,4,8-11H2,1-3H3,(H,27,36)(H,31,37)(H2,28,29,32,35). The fourth-order valence-electron chi connectivity index (χ4n) is 4.04. The number of nitrogens with one attached hydrogen (secondary N) is 4. The van der Waals surface area contributed by atoms with Crippen molar-refractivity contribution in [3.05, 3.63) is 35.9 Å². The number of rotatable bonds is 14. The monoisotopic (exact) mass is 600 g/mol. The second kappa shape index (κ2) is 13.5. The third-order valence-corrected chi connectivity index (χ3v) is 6.29. The fourth-order valence-corrected chi connectivity index (χ4v) is 4.04. The van der Waals surface area contributed by atoms with Gasteiger partial charge in [0.2, 0.25) is 23.5 Å². The highest BCUT2D eigenvalue weighted by Gasteiger charge is 2.31. The van der Waals surface area contributed by atoms with Crippen LogP contribution in [0.2, 0.25) is 0 Å². The molecule has 3 aromatic rings. The van der Waals surface area contributed by atoms with Crippen molar-refractivity contribution in [1.29, 1.82) is 0 Å². The number of aromatic nitrogens is 4. The van der Waals surface area contributed by atoms with E-state index in [1.165, 1.54) is 20.3 Å². The number of carbonyl (C=O) groups excluding carboxylic acids is 3. The largest absolute Gasteiger partial charge is 0.494 e. The van der Waals surface area contributed by atoms with Crippen LogP contribution >= 0.6 is 0 Å². The van der Waals surface area contributed by atoms with Gasteiger partial charge in [-0.3, -0.25) is 19.7 Å². The Balaban J connectivity index is 1.66. The van der Waals surface area contributed by atoms with Crippen LogP contribution in [0.3, 0.4) is 0 Å². The Hall–Kier alpha value is -4.71. The molecule has 1 atom stereocenters. The van der Waals surface area contributed by atoms with Gasteiger partial charge in [-0.25, -0.2) is 0 Å². The molecular weight excluding hydrogens is 568 g/mol. The van der Waals surface area contributed by atoms with Gasteiger partial charge < -0.3 is 45.3 Å². The van der Waals surface area contributed by atoms with Gasteiger partial charge in [0.05, 0.1) is 30.7 Å². The van der Waals surface area contributed by atoms with Crippen molar-refractivity contribution in [1.82, 2.24) is 31.0 Å². The Morgan fingerprint density at radius 1 is 1.14 bits per heavy atom. The third kappa shape index (κ3) is 7.98. The first-order chi connectivity index (χ1) is 20.5. The number of aliphatic hydroxyl groups is 3. The average molecular weight is 601 g/mol. The quantitative estimate of drug-likeness (QED) is 0.0966. The number of ether oxygens (including phenoxy) is 2. The summed E-state index contributed by atoms with van der Waals surface area (Å²) < 4.78 is 16.0. The molecule has 7 N–H and O–H groups in total. The number of carbonyl (C=O) groups is 3. The molecule has 0 spiro atoms. The SMILES string of the molecule is CCC(C(=O)NCCOC)c1nc(-c2cccc(Nc3cc(NC(=O)C4CC4)nnc3C(=O)NC(O)(O)O)c2OC)no1. The molecule has 43 heavy (non-hydrogen) atoms. The highest BCUT2D eigenvalue weighted by atomic mass is 16.7. The first-order valence-corrected chi connectivity index (χ1v) is 13.3. The lowest BCUT2D eigenvalue weighted by Crippen LogP contribution is -2.48. The van der Waals surface area contributed by atoms with E-state index in [0.717, 1.165) is 12.8 Å². The molecule has 0 aliphatic heterocycles. The van der Waals surface area contributed by atoms with E-state index >= 15 is 0 Å². The van der Waals surface area contributed by atoms with Crippen molar-refractivity contribution in [3.63, 3.8) is 0 Å². The van der Waals surface area contributed by atoms with E-state index in [9.17, 15) is 29.7 Å². The van der Waals surface area contributed by atoms with Crippen LogP contribution in [0.5, 0.6) is 5.75 Å². The van der Waals surface area contributed by atoms with Crippen LogP contribution < -0.4 is 26.0 Å². The maximum absolute atomic E-state index is 12.7. The second-order valence-corrected chi connectivity index (χ2v) is 9.56. The number of nitrogens with zero attached hydrogens (tertiary/aromatic N) is 4. The van der Waals surface area contributed by atoms with Crippen molar-refractivity contribution >= 4 is 34.9 Å². The molecule has 1 aromatic carbocycles. The lowest BCUT2D eigenvalue weighted by atomic mass is 10.1. The van der Waals surface area contributed by atoms with E-state index in [2.05, 4.69) is 36.3 Å². The van der Waals surface area contributed by atoms with E-state index in [1.54, 1.807) is 23.5 Å². The molecule has 1 fully saturated rings. The highest BCUT2D eigenvalue weighted by Crippen LogP contribution is 2.38. The topological polar surface area (TPSA) is 243 Å². The minimum atomic E-state index is -3.53. The predicted octanol–water partition coefficient (Wildman–Crippen LogP) is 0.202. The summed E-state index contributed by atoms with van der Waals surface area (Å²) in [5.74, 6) is -2.15. The number of amides is 3. The Morgan fingerprint density at radius 2 is 1.91 bits per heavy atom. The highest BCUT2D eigenvalue weighted by molar-refractivity contribution is 6.00. The number of para-hydroxylation sites is 1. The van der Waals surface area contributed by atoms with Crippen LogP contribution in [-0.2, 0) is 14.3 Å². The Labute approximate surface area is 245 Å². The molecule has 2 heterocycles. The van der Waals surface area contributed by atoms with Crippen molar-refractivity contribution in [2.45, 2.75) is 38.2 Å². The van der Waals surface area contributed by atoms with E-state index in [0.29, 0.717) is 25.1 Å². The van der Waals surface area contributed by atoms with Gasteiger partial charge in [-0.15, -0.1) is 10.2 Å². The van der Waals surface area contributed by atoms with E-state index in [-0.39, 0.29) is 52.4 Å². The van der Waals surface area contributed by atoms with E-state index in [4.69, 9.17) is 14.0 Å². The molecule has 2 aromatic heterocycles. The van der Waals surface area contributed by atoms with Gasteiger partial charge in [0, 0.05) is 25.6 Å². The van der Waals surface area contributed by atoms with Crippen LogP contribution in [0, 0.1) is 5.92 Å². The van der Waals surface area contributed by atoms with Crippen LogP contribution in [0.1, 0.15) is 48.5 Å². The second-order valence-electron chi connectivity index (χ2n) is 9.56. The van der Waals surface area contributed by atoms with E-state index < -0.39 is 23.6 Å². The van der Waals surface area contributed by atoms with Crippen molar-refractivity contribution in [2.24, 2.45) is 5.92 Å². The molecular formula is C26H32N8O9. The Kier molecular flexibility index (Phi) is 9.81. The molecule has 230 valence electrons. The summed E-state index contributed by atoms with van der Waals surface area (Å²) in [6.07, 6.45) is -1.64. The van der Waals surface area contributed by atoms with Crippen LogP contribution in [-0.4, -0.2) is 86.8 Å². The smallest absolute Gasteiger partial charge is 0.369 e. The molecule has 1 unspecified atom stereocenters. The molecule has 0 saturated heterocycles. The summed E-state index contributed by atoms with van der Waals surface area (Å²) in [4.78, 5) is 42.0. The molecule has 17 heteroatoms. The zero-order valence-corrected chi connectivity index (χ0v) is 23.6. The van der Waals surface area contributed by atoms with Gasteiger partial charge in [0.1, 0.15) is 5.92 Å². The lowest BCUT2D eigenvalue weighted by Gasteiger charge is -2.18. The number of hydrogen-bond acceptors (Lipinski definition) is 14. The molecule has 1 aliphatic carbocycles. The number of anilines is 3. The summed E-state index contributed by atoms with van der Waals surface area (Å²) in [5.41, 5.74) is 0.157. The fraction of sp³-hybridized carbons (Fsp3) is 0.423. The average Bonchev–Trinajstić information content (AvgIpc) is 3.70. The number of hydrogen-bond donors (Lipinski definition) is 7. The normalized spacial score (nSPS) is 13.6. The van der Waals surface area contributed by atoms with Gasteiger partial charge in [0.25, 0.3) is 5.91 Å². The van der Waals surface area contributed by atoms with Gasteiger partial charge in [-0.1, -0.05) is 18.1 Å². The number of benzene rings is 1. The molecule has 1 saturated carbocycles. The molecule has 17 nitrogen and oxygen atoms in total. The van der Waals surface area contributed by atoms with Gasteiger partial charge in [0.15, 0.2) is 17.3 Å². The number of methoxy groups -OCH3 is 2. The molecule has 0 bridgehead atoms. The Morgan fingerprint density at radius 3 is 2.56 bits per heavy atom. The van der Waals surface area contributed by atoms with Gasteiger partial charge >= 0.3 is 6.10 Å². The molecule has 3 amide bonds. The Bertz CT molecular complexity index is 1470. The maximum atomic E-state index is 12.7. The van der Waals surface area contributed by atoms with Crippen molar-refractivity contribution < 1.29 is 43.7 Å². The summed E-state index contributed by atoms with van der Waals surface area (Å²) in [6.45, 7) is 2.47. The maximum Gasteiger partial charge on any atom is 0.369 e. The van der Waals surface area contributed by atoms with Crippen LogP contribution in [0.15, 0.2) is 28.8 Å². The van der Waals surface area contributed by atoms with Crippen molar-refractivity contribution in [2.75, 3.05) is 38.0 Å². The van der Waals surface area contributed by atoms with Gasteiger partial charge in [-0.2, -0.15) is 4.98 Å².